The minimum Gasteiger partial charge on any atom is -0.232 e. The maximum atomic E-state index is 4.98. The lowest BCUT2D eigenvalue weighted by Gasteiger charge is -2.16. The van der Waals surface area contributed by atoms with E-state index in [2.05, 4.69) is 74.5 Å². The van der Waals surface area contributed by atoms with Crippen LogP contribution in [0, 0.1) is 6.92 Å². The van der Waals surface area contributed by atoms with Crippen molar-refractivity contribution in [3.05, 3.63) is 95.8 Å². The van der Waals surface area contributed by atoms with E-state index in [0.717, 1.165) is 28.0 Å². The van der Waals surface area contributed by atoms with Crippen molar-refractivity contribution in [2.24, 2.45) is 0 Å². The highest BCUT2D eigenvalue weighted by Crippen LogP contribution is 2.30. The highest BCUT2D eigenvalue weighted by atomic mass is 14.9. The number of benzene rings is 3. The smallest absolute Gasteiger partial charge is 0.136 e. The van der Waals surface area contributed by atoms with E-state index in [1.165, 1.54) is 11.1 Å². The molecule has 0 fully saturated rings. The Morgan fingerprint density at radius 2 is 1.40 bits per heavy atom. The van der Waals surface area contributed by atoms with Crippen LogP contribution in [0.1, 0.15) is 29.8 Å². The first-order chi connectivity index (χ1) is 12.2. The molecule has 0 saturated carbocycles. The van der Waals surface area contributed by atoms with Crippen LogP contribution in [0.3, 0.4) is 0 Å². The summed E-state index contributed by atoms with van der Waals surface area (Å²) in [7, 11) is 0. The predicted molar refractivity (Wildman–Crippen MR) is 104 cm³/mol. The fraction of sp³-hybridized carbons (Fsp3) is 0.130. The van der Waals surface area contributed by atoms with Crippen LogP contribution >= 0.6 is 0 Å². The van der Waals surface area contributed by atoms with Crippen molar-refractivity contribution >= 4 is 10.9 Å². The summed E-state index contributed by atoms with van der Waals surface area (Å²) in [5, 5.41) is 1.09. The van der Waals surface area contributed by atoms with Crippen LogP contribution in [-0.2, 0) is 0 Å². The minimum atomic E-state index is 0.147. The van der Waals surface area contributed by atoms with E-state index in [9.17, 15) is 0 Å². The summed E-state index contributed by atoms with van der Waals surface area (Å²) in [5.41, 5.74) is 5.66. The molecule has 0 bridgehead atoms. The van der Waals surface area contributed by atoms with Crippen molar-refractivity contribution in [1.29, 1.82) is 0 Å². The first-order valence-electron chi connectivity index (χ1n) is 8.61. The first kappa shape index (κ1) is 15.5. The van der Waals surface area contributed by atoms with E-state index >= 15 is 0 Å². The third-order valence-corrected chi connectivity index (χ3v) is 4.71. The van der Waals surface area contributed by atoms with Gasteiger partial charge in [-0.2, -0.15) is 0 Å². The van der Waals surface area contributed by atoms with Gasteiger partial charge in [-0.1, -0.05) is 79.7 Å². The molecule has 1 unspecified atom stereocenters. The zero-order valence-corrected chi connectivity index (χ0v) is 14.5. The fourth-order valence-corrected chi connectivity index (χ4v) is 3.32. The van der Waals surface area contributed by atoms with Crippen LogP contribution < -0.4 is 0 Å². The van der Waals surface area contributed by atoms with Crippen molar-refractivity contribution in [1.82, 2.24) is 9.97 Å². The lowest BCUT2D eigenvalue weighted by atomic mass is 9.95. The third kappa shape index (κ3) is 2.91. The zero-order valence-electron chi connectivity index (χ0n) is 14.5. The number of fused-ring (bicyclic) bond motifs is 1. The molecule has 0 amide bonds. The van der Waals surface area contributed by atoms with Crippen LogP contribution in [0.15, 0.2) is 78.9 Å². The highest BCUT2D eigenvalue weighted by Gasteiger charge is 2.17. The normalized spacial score (nSPS) is 12.2. The molecule has 0 aliphatic rings. The molecule has 0 radical (unpaired) electrons. The van der Waals surface area contributed by atoms with Gasteiger partial charge in [0.25, 0.3) is 0 Å². The largest absolute Gasteiger partial charge is 0.232 e. The minimum absolute atomic E-state index is 0.147. The van der Waals surface area contributed by atoms with Crippen molar-refractivity contribution in [2.45, 2.75) is 19.8 Å². The summed E-state index contributed by atoms with van der Waals surface area (Å²) in [4.78, 5) is 9.85. The molecule has 0 N–H and O–H groups in total. The van der Waals surface area contributed by atoms with E-state index in [4.69, 9.17) is 9.97 Å². The highest BCUT2D eigenvalue weighted by molar-refractivity contribution is 5.92. The topological polar surface area (TPSA) is 25.8 Å². The number of aromatic nitrogens is 2. The van der Waals surface area contributed by atoms with Crippen molar-refractivity contribution in [2.75, 3.05) is 0 Å². The second-order valence-corrected chi connectivity index (χ2v) is 6.39. The van der Waals surface area contributed by atoms with Gasteiger partial charge in [-0.25, -0.2) is 9.97 Å². The number of para-hydroxylation sites is 1. The average Bonchev–Trinajstić information content (AvgIpc) is 2.67. The van der Waals surface area contributed by atoms with Crippen LogP contribution in [0.5, 0.6) is 0 Å². The molecule has 25 heavy (non-hydrogen) atoms. The monoisotopic (exact) mass is 324 g/mol. The Labute approximate surface area is 148 Å². The molecule has 0 saturated heterocycles. The predicted octanol–water partition coefficient (Wildman–Crippen LogP) is 5.76. The Morgan fingerprint density at radius 1 is 0.720 bits per heavy atom. The van der Waals surface area contributed by atoms with Gasteiger partial charge in [-0.15, -0.1) is 0 Å². The second kappa shape index (κ2) is 6.48. The van der Waals surface area contributed by atoms with Gasteiger partial charge >= 0.3 is 0 Å². The standard InChI is InChI=1S/C23H20N2/c1-16-10-6-7-13-19(16)17(2)23-24-21-15-9-8-14-20(21)22(25-23)18-11-4-3-5-12-18/h3-15,17H,1-2H3. The van der Waals surface area contributed by atoms with Crippen molar-refractivity contribution in [3.8, 4) is 11.3 Å². The Balaban J connectivity index is 1.93. The van der Waals surface area contributed by atoms with E-state index in [0.29, 0.717) is 0 Å². The molecule has 2 heteroatoms. The molecule has 1 heterocycles. The van der Waals surface area contributed by atoms with Crippen LogP contribution in [-0.4, -0.2) is 9.97 Å². The SMILES string of the molecule is Cc1ccccc1C(C)c1nc(-c2ccccc2)c2ccccc2n1. The molecule has 1 aromatic heterocycles. The zero-order chi connectivity index (χ0) is 17.2. The summed E-state index contributed by atoms with van der Waals surface area (Å²) in [5.74, 6) is 1.01. The Hall–Kier alpha value is -3.00. The Kier molecular flexibility index (Phi) is 4.02. The number of nitrogens with zero attached hydrogens (tertiary/aromatic N) is 2. The molecule has 4 aromatic rings. The van der Waals surface area contributed by atoms with E-state index in [1.54, 1.807) is 0 Å². The Morgan fingerprint density at radius 3 is 2.20 bits per heavy atom. The summed E-state index contributed by atoms with van der Waals surface area (Å²) >= 11 is 0. The van der Waals surface area contributed by atoms with Gasteiger partial charge in [0, 0.05) is 16.9 Å². The van der Waals surface area contributed by atoms with E-state index < -0.39 is 0 Å². The molecule has 0 spiro atoms. The van der Waals surface area contributed by atoms with Gasteiger partial charge in [0.2, 0.25) is 0 Å². The van der Waals surface area contributed by atoms with E-state index in [1.807, 2.05) is 18.2 Å². The molecular weight excluding hydrogens is 304 g/mol. The first-order valence-corrected chi connectivity index (χ1v) is 8.61. The Bertz CT molecular complexity index is 1020. The van der Waals surface area contributed by atoms with E-state index in [-0.39, 0.29) is 5.92 Å². The van der Waals surface area contributed by atoms with Gasteiger partial charge in [0.15, 0.2) is 0 Å². The van der Waals surface area contributed by atoms with Gasteiger partial charge in [-0.05, 0) is 24.1 Å². The maximum absolute atomic E-state index is 4.98. The molecule has 1 atom stereocenters. The van der Waals surface area contributed by atoms with Gasteiger partial charge in [-0.3, -0.25) is 0 Å². The quantitative estimate of drug-likeness (QED) is 0.479. The fourth-order valence-electron chi connectivity index (χ4n) is 3.32. The van der Waals surface area contributed by atoms with Crippen molar-refractivity contribution in [3.63, 3.8) is 0 Å². The van der Waals surface area contributed by atoms with Gasteiger partial charge < -0.3 is 0 Å². The number of aryl methyl sites for hydroxylation is 1. The summed E-state index contributed by atoms with van der Waals surface area (Å²) in [6, 6.07) is 27.1. The molecule has 0 aliphatic heterocycles. The van der Waals surface area contributed by atoms with Crippen LogP contribution in [0.2, 0.25) is 0 Å². The molecular formula is C23H20N2. The van der Waals surface area contributed by atoms with Crippen molar-refractivity contribution < 1.29 is 0 Å². The second-order valence-electron chi connectivity index (χ2n) is 6.39. The number of hydrogen-bond acceptors (Lipinski definition) is 2. The number of rotatable bonds is 3. The lowest BCUT2D eigenvalue weighted by Crippen LogP contribution is -2.06. The molecule has 2 nitrogen and oxygen atoms in total. The summed E-state index contributed by atoms with van der Waals surface area (Å²) in [6.07, 6.45) is 0. The maximum Gasteiger partial charge on any atom is 0.136 e. The lowest BCUT2D eigenvalue weighted by molar-refractivity contribution is 0.821. The van der Waals surface area contributed by atoms with Gasteiger partial charge in [0.1, 0.15) is 5.82 Å². The summed E-state index contributed by atoms with van der Waals surface area (Å²) in [6.45, 7) is 4.33. The molecule has 122 valence electrons. The molecule has 3 aromatic carbocycles. The third-order valence-electron chi connectivity index (χ3n) is 4.71. The molecule has 0 aliphatic carbocycles. The average molecular weight is 324 g/mol. The molecule has 4 rings (SSSR count). The van der Waals surface area contributed by atoms with Gasteiger partial charge in [0.05, 0.1) is 11.2 Å². The summed E-state index contributed by atoms with van der Waals surface area (Å²) < 4.78 is 0. The number of hydrogen-bond donors (Lipinski definition) is 0. The van der Waals surface area contributed by atoms with Crippen LogP contribution in [0.25, 0.3) is 22.2 Å². The van der Waals surface area contributed by atoms with Crippen LogP contribution in [0.4, 0.5) is 0 Å².